The largest absolute Gasteiger partial charge is 0.339 e. The second-order valence-corrected chi connectivity index (χ2v) is 5.98. The third kappa shape index (κ3) is 1.85. The van der Waals surface area contributed by atoms with Gasteiger partial charge in [-0.2, -0.15) is 4.98 Å². The van der Waals surface area contributed by atoms with Gasteiger partial charge < -0.3 is 9.42 Å². The number of pyridine rings is 1. The molecule has 2 aromatic heterocycles. The van der Waals surface area contributed by atoms with Gasteiger partial charge in [-0.15, -0.1) is 0 Å². The molecule has 5 nitrogen and oxygen atoms in total. The van der Waals surface area contributed by atoms with Gasteiger partial charge >= 0.3 is 0 Å². The number of nitrogens with zero attached hydrogens (tertiary/aromatic N) is 4. The highest BCUT2D eigenvalue weighted by Gasteiger charge is 2.42. The maximum absolute atomic E-state index is 5.01. The smallest absolute Gasteiger partial charge is 0.223 e. The van der Waals surface area contributed by atoms with Gasteiger partial charge in [-0.25, -0.2) is 0 Å². The highest BCUT2D eigenvalue weighted by molar-refractivity contribution is 5.48. The molecule has 0 amide bonds. The van der Waals surface area contributed by atoms with Crippen molar-refractivity contribution in [2.45, 2.75) is 31.6 Å². The summed E-state index contributed by atoms with van der Waals surface area (Å²) in [7, 11) is 0. The van der Waals surface area contributed by atoms with Gasteiger partial charge in [0.1, 0.15) is 5.69 Å². The maximum Gasteiger partial charge on any atom is 0.223 e. The molecule has 4 rings (SSSR count). The molecule has 0 N–H and O–H groups in total. The molecular formula is C15H18N4O. The van der Waals surface area contributed by atoms with Gasteiger partial charge in [0.05, 0.1) is 0 Å². The first-order valence-corrected chi connectivity index (χ1v) is 7.25. The molecule has 2 aromatic rings. The van der Waals surface area contributed by atoms with E-state index < -0.39 is 0 Å². The van der Waals surface area contributed by atoms with Crippen molar-refractivity contribution in [3.8, 4) is 11.5 Å². The fourth-order valence-corrected chi connectivity index (χ4v) is 3.62. The van der Waals surface area contributed by atoms with Crippen molar-refractivity contribution in [3.63, 3.8) is 0 Å². The number of hydrogen-bond acceptors (Lipinski definition) is 5. The third-order valence-electron chi connectivity index (χ3n) is 4.70. The number of piperidine rings is 1. The molecular weight excluding hydrogens is 252 g/mol. The predicted octanol–water partition coefficient (Wildman–Crippen LogP) is 2.18. The second-order valence-electron chi connectivity index (χ2n) is 5.98. The van der Waals surface area contributed by atoms with Crippen LogP contribution in [0.5, 0.6) is 0 Å². The topological polar surface area (TPSA) is 55.1 Å². The van der Waals surface area contributed by atoms with E-state index in [1.807, 2.05) is 12.3 Å². The lowest BCUT2D eigenvalue weighted by atomic mass is 9.75. The van der Waals surface area contributed by atoms with Crippen LogP contribution in [0.15, 0.2) is 22.9 Å². The van der Waals surface area contributed by atoms with Crippen LogP contribution in [0.1, 0.15) is 30.7 Å². The Hall–Kier alpha value is -1.75. The maximum atomic E-state index is 5.01. The Bertz CT molecular complexity index is 617. The molecule has 2 atom stereocenters. The van der Waals surface area contributed by atoms with Crippen LogP contribution >= 0.6 is 0 Å². The molecule has 20 heavy (non-hydrogen) atoms. The molecule has 2 unspecified atom stereocenters. The van der Waals surface area contributed by atoms with E-state index in [-0.39, 0.29) is 0 Å². The Labute approximate surface area is 118 Å². The minimum atomic E-state index is 0.330. The van der Waals surface area contributed by atoms with Gasteiger partial charge in [0.2, 0.25) is 11.7 Å². The van der Waals surface area contributed by atoms with Gasteiger partial charge in [0, 0.05) is 25.1 Å². The van der Waals surface area contributed by atoms with Crippen LogP contribution in [-0.2, 0) is 5.41 Å². The van der Waals surface area contributed by atoms with E-state index in [0.29, 0.717) is 17.1 Å². The summed E-state index contributed by atoms with van der Waals surface area (Å²) in [5, 5.41) is 3.92. The van der Waals surface area contributed by atoms with E-state index in [2.05, 4.69) is 26.1 Å². The zero-order valence-corrected chi connectivity index (χ0v) is 11.7. The molecule has 2 fully saturated rings. The van der Waals surface area contributed by atoms with Gasteiger partial charge in [-0.1, -0.05) is 11.2 Å². The van der Waals surface area contributed by atoms with Crippen molar-refractivity contribution >= 4 is 0 Å². The summed E-state index contributed by atoms with van der Waals surface area (Å²) >= 11 is 0. The molecule has 5 heteroatoms. The Morgan fingerprint density at radius 1 is 1.25 bits per heavy atom. The van der Waals surface area contributed by atoms with E-state index in [1.165, 1.54) is 44.5 Å². The van der Waals surface area contributed by atoms with Crippen molar-refractivity contribution in [2.24, 2.45) is 0 Å². The highest BCUT2D eigenvalue weighted by atomic mass is 16.5. The molecule has 2 aliphatic heterocycles. The summed E-state index contributed by atoms with van der Waals surface area (Å²) in [6.07, 6.45) is 5.85. The van der Waals surface area contributed by atoms with Crippen LogP contribution in [0.3, 0.4) is 0 Å². The fourth-order valence-electron chi connectivity index (χ4n) is 3.62. The van der Waals surface area contributed by atoms with Gasteiger partial charge in [-0.3, -0.25) is 4.98 Å². The molecule has 2 saturated heterocycles. The molecule has 0 saturated carbocycles. The summed E-state index contributed by atoms with van der Waals surface area (Å²) in [6.45, 7) is 5.47. The standard InChI is InChI=1S/C15H18N4O/c1-11-17-14(18-20-11)13-4-3-12(9-16-13)15-5-2-7-19(10-15)8-6-15/h3-4,9H,2,5-8,10H2,1H3. The van der Waals surface area contributed by atoms with Crippen LogP contribution in [0.4, 0.5) is 0 Å². The minimum Gasteiger partial charge on any atom is -0.339 e. The molecule has 0 radical (unpaired) electrons. The normalized spacial score (nSPS) is 28.8. The molecule has 0 aliphatic carbocycles. The quantitative estimate of drug-likeness (QED) is 0.837. The highest BCUT2D eigenvalue weighted by Crippen LogP contribution is 2.41. The van der Waals surface area contributed by atoms with E-state index in [0.717, 1.165) is 5.69 Å². The van der Waals surface area contributed by atoms with Crippen molar-refractivity contribution in [1.29, 1.82) is 0 Å². The number of fused-ring (bicyclic) bond motifs is 2. The molecule has 0 spiro atoms. The van der Waals surface area contributed by atoms with Crippen LogP contribution in [0.25, 0.3) is 11.5 Å². The summed E-state index contributed by atoms with van der Waals surface area (Å²) in [5.41, 5.74) is 2.48. The Kier molecular flexibility index (Phi) is 2.63. The van der Waals surface area contributed by atoms with E-state index in [4.69, 9.17) is 4.52 Å². The van der Waals surface area contributed by atoms with Gasteiger partial charge in [-0.05, 0) is 44.0 Å². The van der Waals surface area contributed by atoms with Crippen molar-refractivity contribution < 1.29 is 4.52 Å². The van der Waals surface area contributed by atoms with Crippen LogP contribution in [-0.4, -0.2) is 39.7 Å². The minimum absolute atomic E-state index is 0.330. The third-order valence-corrected chi connectivity index (χ3v) is 4.70. The molecule has 2 aliphatic rings. The number of aryl methyl sites for hydroxylation is 1. The molecule has 4 heterocycles. The lowest BCUT2D eigenvalue weighted by Crippen LogP contribution is -2.36. The van der Waals surface area contributed by atoms with Crippen molar-refractivity contribution in [3.05, 3.63) is 29.8 Å². The average Bonchev–Trinajstić information content (AvgIpc) is 3.04. The zero-order valence-electron chi connectivity index (χ0n) is 11.7. The average molecular weight is 270 g/mol. The second kappa shape index (κ2) is 4.38. The molecule has 104 valence electrons. The number of hydrogen-bond donors (Lipinski definition) is 0. The van der Waals surface area contributed by atoms with Crippen LogP contribution < -0.4 is 0 Å². The van der Waals surface area contributed by atoms with Crippen molar-refractivity contribution in [2.75, 3.05) is 19.6 Å². The Morgan fingerprint density at radius 3 is 2.95 bits per heavy atom. The van der Waals surface area contributed by atoms with E-state index in [9.17, 15) is 0 Å². The first kappa shape index (κ1) is 12.0. The Balaban J connectivity index is 1.64. The fraction of sp³-hybridized carbons (Fsp3) is 0.533. The SMILES string of the molecule is Cc1nc(-c2ccc(C34CCCN(CC3)C4)cn2)no1. The van der Waals surface area contributed by atoms with Gasteiger partial charge in [0.25, 0.3) is 0 Å². The van der Waals surface area contributed by atoms with E-state index >= 15 is 0 Å². The lowest BCUT2D eigenvalue weighted by Gasteiger charge is -2.34. The molecule has 2 bridgehead atoms. The Morgan fingerprint density at radius 2 is 2.20 bits per heavy atom. The summed E-state index contributed by atoms with van der Waals surface area (Å²) < 4.78 is 5.01. The van der Waals surface area contributed by atoms with Crippen molar-refractivity contribution in [1.82, 2.24) is 20.0 Å². The number of rotatable bonds is 2. The van der Waals surface area contributed by atoms with Gasteiger partial charge in [0.15, 0.2) is 0 Å². The summed E-state index contributed by atoms with van der Waals surface area (Å²) in [6, 6.07) is 4.22. The lowest BCUT2D eigenvalue weighted by molar-refractivity contribution is 0.243. The van der Waals surface area contributed by atoms with E-state index in [1.54, 1.807) is 6.92 Å². The summed E-state index contributed by atoms with van der Waals surface area (Å²) in [5.74, 6) is 1.14. The monoisotopic (exact) mass is 270 g/mol. The summed E-state index contributed by atoms with van der Waals surface area (Å²) in [4.78, 5) is 11.3. The van der Waals surface area contributed by atoms with Crippen LogP contribution in [0, 0.1) is 6.92 Å². The zero-order chi connectivity index (χ0) is 13.6. The first-order valence-electron chi connectivity index (χ1n) is 7.25. The predicted molar refractivity (Wildman–Crippen MR) is 74.2 cm³/mol. The van der Waals surface area contributed by atoms with Crippen LogP contribution in [0.2, 0.25) is 0 Å². The first-order chi connectivity index (χ1) is 9.75. The molecule has 0 aromatic carbocycles. The number of aromatic nitrogens is 3.